The minimum atomic E-state index is -1.69. The number of amides is 2. The van der Waals surface area contributed by atoms with Crippen LogP contribution in [0.1, 0.15) is 32.3 Å². The molecule has 0 aliphatic carbocycles. The number of anilines is 3. The van der Waals surface area contributed by atoms with Crippen LogP contribution in [0.25, 0.3) is 0 Å². The van der Waals surface area contributed by atoms with E-state index in [1.165, 1.54) is 0 Å². The summed E-state index contributed by atoms with van der Waals surface area (Å²) >= 11 is 0. The van der Waals surface area contributed by atoms with E-state index in [-0.39, 0.29) is 18.3 Å². The molecule has 1 fully saturated rings. The molecule has 3 N–H and O–H groups in total. The molecule has 0 atom stereocenters. The summed E-state index contributed by atoms with van der Waals surface area (Å²) in [5.74, 6) is -5.65. The summed E-state index contributed by atoms with van der Waals surface area (Å²) < 4.78 is 0. The quantitative estimate of drug-likeness (QED) is 0.604. The Balaban J connectivity index is 2.60. The van der Waals surface area contributed by atoms with Crippen molar-refractivity contribution in [2.75, 3.05) is 34.8 Å². The van der Waals surface area contributed by atoms with Crippen LogP contribution in [0.15, 0.2) is 0 Å². The Hall–Kier alpha value is -3.24. The largest absolute Gasteiger partial charge is 0.474 e. The third kappa shape index (κ3) is 4.30. The minimum Gasteiger partial charge on any atom is -0.474 e. The summed E-state index contributed by atoms with van der Waals surface area (Å²) in [4.78, 5) is 56.8. The lowest BCUT2D eigenvalue weighted by atomic mass is 10.2. The van der Waals surface area contributed by atoms with E-state index in [1.54, 1.807) is 13.8 Å². The van der Waals surface area contributed by atoms with E-state index in [1.807, 2.05) is 4.90 Å². The van der Waals surface area contributed by atoms with Crippen molar-refractivity contribution in [1.29, 1.82) is 0 Å². The van der Waals surface area contributed by atoms with Gasteiger partial charge in [-0.15, -0.1) is 0 Å². The third-order valence-corrected chi connectivity index (χ3v) is 4.14. The average Bonchev–Trinajstić information content (AvgIpc) is 3.16. The summed E-state index contributed by atoms with van der Waals surface area (Å²) in [6.45, 7) is 4.75. The maximum Gasteiger partial charge on any atom is 0.395 e. The SMILES string of the molecule is CCc1c(NC(=O)C(=O)O)nc(N(CC)C(=O)C(=O)O)nc1N1CCCC1. The lowest BCUT2D eigenvalue weighted by Crippen LogP contribution is -2.38. The van der Waals surface area contributed by atoms with E-state index >= 15 is 0 Å². The van der Waals surface area contributed by atoms with Crippen molar-refractivity contribution in [2.45, 2.75) is 33.1 Å². The topological polar surface area (TPSA) is 153 Å². The first-order chi connectivity index (χ1) is 12.8. The molecule has 11 nitrogen and oxygen atoms in total. The molecule has 2 rings (SSSR count). The number of carbonyl (C=O) groups excluding carboxylic acids is 2. The van der Waals surface area contributed by atoms with Crippen molar-refractivity contribution >= 4 is 41.3 Å². The fourth-order valence-corrected chi connectivity index (χ4v) is 2.85. The van der Waals surface area contributed by atoms with Gasteiger partial charge in [-0.1, -0.05) is 6.92 Å². The van der Waals surface area contributed by atoms with Gasteiger partial charge in [0.1, 0.15) is 11.6 Å². The van der Waals surface area contributed by atoms with Crippen LogP contribution in [-0.2, 0) is 25.6 Å². The number of likely N-dealkylation sites (N-methyl/N-ethyl adjacent to an activating group) is 1. The van der Waals surface area contributed by atoms with Gasteiger partial charge in [-0.05, 0) is 26.2 Å². The number of aliphatic carboxylic acids is 2. The molecule has 1 aromatic rings. The Morgan fingerprint density at radius 2 is 1.70 bits per heavy atom. The van der Waals surface area contributed by atoms with Crippen LogP contribution in [-0.4, -0.2) is 63.6 Å². The molecular formula is C16H21N5O6. The van der Waals surface area contributed by atoms with Crippen molar-refractivity contribution in [1.82, 2.24) is 9.97 Å². The molecule has 146 valence electrons. The van der Waals surface area contributed by atoms with Gasteiger partial charge in [0.25, 0.3) is 0 Å². The Morgan fingerprint density at radius 1 is 1.07 bits per heavy atom. The monoisotopic (exact) mass is 379 g/mol. The first-order valence-corrected chi connectivity index (χ1v) is 8.55. The van der Waals surface area contributed by atoms with Crippen molar-refractivity contribution in [2.24, 2.45) is 0 Å². The Kier molecular flexibility index (Phi) is 6.27. The van der Waals surface area contributed by atoms with Gasteiger partial charge < -0.3 is 20.4 Å². The molecule has 1 aliphatic heterocycles. The zero-order chi connectivity index (χ0) is 20.1. The van der Waals surface area contributed by atoms with Crippen LogP contribution in [0.3, 0.4) is 0 Å². The molecule has 0 bridgehead atoms. The second-order valence-electron chi connectivity index (χ2n) is 5.84. The number of rotatable bonds is 5. The van der Waals surface area contributed by atoms with Gasteiger partial charge >= 0.3 is 23.8 Å². The molecule has 1 saturated heterocycles. The summed E-state index contributed by atoms with van der Waals surface area (Å²) in [6, 6.07) is 0. The maximum atomic E-state index is 12.0. The Labute approximate surface area is 155 Å². The van der Waals surface area contributed by atoms with Crippen LogP contribution in [0.5, 0.6) is 0 Å². The second kappa shape index (κ2) is 8.43. The number of nitrogens with one attached hydrogen (secondary N) is 1. The fraction of sp³-hybridized carbons (Fsp3) is 0.500. The summed E-state index contributed by atoms with van der Waals surface area (Å²) in [5.41, 5.74) is 0.522. The maximum absolute atomic E-state index is 12.0. The molecule has 27 heavy (non-hydrogen) atoms. The van der Waals surface area contributed by atoms with Crippen molar-refractivity contribution < 1.29 is 29.4 Å². The number of hydrogen-bond acceptors (Lipinski definition) is 7. The van der Waals surface area contributed by atoms with E-state index in [2.05, 4.69) is 15.3 Å². The molecule has 1 aromatic heterocycles. The van der Waals surface area contributed by atoms with Gasteiger partial charge in [-0.2, -0.15) is 9.97 Å². The summed E-state index contributed by atoms with van der Waals surface area (Å²) in [6.07, 6.45) is 2.27. The highest BCUT2D eigenvalue weighted by Crippen LogP contribution is 2.30. The zero-order valence-corrected chi connectivity index (χ0v) is 15.1. The minimum absolute atomic E-state index is 0.0115. The molecule has 11 heteroatoms. The second-order valence-corrected chi connectivity index (χ2v) is 5.84. The van der Waals surface area contributed by atoms with Crippen LogP contribution in [0, 0.1) is 0 Å². The molecule has 1 aliphatic rings. The van der Waals surface area contributed by atoms with E-state index < -0.39 is 23.8 Å². The number of carboxylic acid groups (broad SMARTS) is 2. The van der Waals surface area contributed by atoms with Crippen LogP contribution >= 0.6 is 0 Å². The Morgan fingerprint density at radius 3 is 2.19 bits per heavy atom. The molecule has 2 heterocycles. The van der Waals surface area contributed by atoms with E-state index in [4.69, 9.17) is 10.2 Å². The lowest BCUT2D eigenvalue weighted by Gasteiger charge is -2.25. The molecule has 0 aromatic carbocycles. The van der Waals surface area contributed by atoms with Crippen molar-refractivity contribution in [3.63, 3.8) is 0 Å². The average molecular weight is 379 g/mol. The van der Waals surface area contributed by atoms with Gasteiger partial charge in [0, 0.05) is 25.2 Å². The highest BCUT2D eigenvalue weighted by atomic mass is 16.4. The number of carboxylic acids is 2. The van der Waals surface area contributed by atoms with Gasteiger partial charge in [0.05, 0.1) is 0 Å². The first kappa shape index (κ1) is 20.1. The number of aromatic nitrogens is 2. The zero-order valence-electron chi connectivity index (χ0n) is 15.1. The summed E-state index contributed by atoms with van der Waals surface area (Å²) in [5, 5.41) is 20.1. The molecule has 0 radical (unpaired) electrons. The highest BCUT2D eigenvalue weighted by molar-refractivity contribution is 6.37. The molecule has 0 saturated carbocycles. The van der Waals surface area contributed by atoms with Crippen molar-refractivity contribution in [3.8, 4) is 0 Å². The van der Waals surface area contributed by atoms with Gasteiger partial charge in [0.2, 0.25) is 5.95 Å². The lowest BCUT2D eigenvalue weighted by molar-refractivity contribution is -0.148. The standard InChI is InChI=1S/C16H21N5O6/c1-3-9-10(17-12(22)14(24)25)18-16(21(4-2)13(23)15(26)27)19-11(9)20-7-5-6-8-20/h3-8H2,1-2H3,(H,24,25)(H,26,27)(H,17,18,19,22). The van der Waals surface area contributed by atoms with E-state index in [9.17, 15) is 19.2 Å². The number of nitrogens with zero attached hydrogens (tertiary/aromatic N) is 4. The number of hydrogen-bond donors (Lipinski definition) is 3. The van der Waals surface area contributed by atoms with E-state index in [0.717, 1.165) is 17.7 Å². The molecule has 0 spiro atoms. The first-order valence-electron chi connectivity index (χ1n) is 8.55. The molecular weight excluding hydrogens is 358 g/mol. The predicted molar refractivity (Wildman–Crippen MR) is 94.8 cm³/mol. The molecule has 0 unspecified atom stereocenters. The fourth-order valence-electron chi connectivity index (χ4n) is 2.85. The highest BCUT2D eigenvalue weighted by Gasteiger charge is 2.28. The predicted octanol–water partition coefficient (Wildman–Crippen LogP) is 0.0998. The van der Waals surface area contributed by atoms with Gasteiger partial charge in [-0.25, -0.2) is 9.59 Å². The van der Waals surface area contributed by atoms with E-state index in [0.29, 0.717) is 30.9 Å². The number of carbonyl (C=O) groups is 4. The Bertz CT molecular complexity index is 775. The van der Waals surface area contributed by atoms with Gasteiger partial charge in [0.15, 0.2) is 0 Å². The molecule has 2 amide bonds. The normalized spacial score (nSPS) is 13.3. The van der Waals surface area contributed by atoms with Crippen molar-refractivity contribution in [3.05, 3.63) is 5.56 Å². The van der Waals surface area contributed by atoms with Gasteiger partial charge in [-0.3, -0.25) is 14.5 Å². The third-order valence-electron chi connectivity index (χ3n) is 4.14. The summed E-state index contributed by atoms with van der Waals surface area (Å²) in [7, 11) is 0. The van der Waals surface area contributed by atoms with Crippen LogP contribution in [0.4, 0.5) is 17.6 Å². The smallest absolute Gasteiger partial charge is 0.395 e. The van der Waals surface area contributed by atoms with Crippen LogP contribution < -0.4 is 15.1 Å². The van der Waals surface area contributed by atoms with Crippen LogP contribution in [0.2, 0.25) is 0 Å².